The van der Waals surface area contributed by atoms with E-state index < -0.39 is 15.9 Å². The van der Waals surface area contributed by atoms with Crippen molar-refractivity contribution in [2.75, 3.05) is 29.8 Å². The van der Waals surface area contributed by atoms with Gasteiger partial charge >= 0.3 is 0 Å². The summed E-state index contributed by atoms with van der Waals surface area (Å²) in [4.78, 5) is 29.0. The monoisotopic (exact) mass is 404 g/mol. The minimum Gasteiger partial charge on any atom is -0.316 e. The third-order valence-electron chi connectivity index (χ3n) is 4.43. The van der Waals surface area contributed by atoms with Crippen molar-refractivity contribution in [2.24, 2.45) is 0 Å². The van der Waals surface area contributed by atoms with Crippen molar-refractivity contribution in [3.8, 4) is 0 Å². The maximum atomic E-state index is 13.0. The Bertz CT molecular complexity index is 943. The van der Waals surface area contributed by atoms with Crippen LogP contribution in [0.3, 0.4) is 0 Å². The van der Waals surface area contributed by atoms with Crippen molar-refractivity contribution < 1.29 is 18.0 Å². The van der Waals surface area contributed by atoms with Gasteiger partial charge in [0.15, 0.2) is 9.84 Å². The van der Waals surface area contributed by atoms with E-state index in [0.29, 0.717) is 22.9 Å². The minimum atomic E-state index is -3.29. The lowest BCUT2D eigenvalue weighted by Gasteiger charge is -2.27. The second-order valence-electron chi connectivity index (χ2n) is 6.32. The largest absolute Gasteiger partial charge is 0.316 e. The minimum absolute atomic E-state index is 0.167. The summed E-state index contributed by atoms with van der Waals surface area (Å²) >= 11 is 1.54. The molecule has 1 heterocycles. The van der Waals surface area contributed by atoms with Gasteiger partial charge < -0.3 is 9.80 Å². The number of likely N-dealkylation sites (N-methyl/N-ethyl adjacent to an activating group) is 1. The highest BCUT2D eigenvalue weighted by molar-refractivity contribution is 7.99. The molecule has 0 spiro atoms. The Morgan fingerprint density at radius 1 is 1.07 bits per heavy atom. The van der Waals surface area contributed by atoms with Gasteiger partial charge in [-0.05, 0) is 36.4 Å². The molecule has 8 heteroatoms. The van der Waals surface area contributed by atoms with Crippen molar-refractivity contribution in [1.29, 1.82) is 0 Å². The van der Waals surface area contributed by atoms with Crippen LogP contribution in [-0.4, -0.2) is 56.1 Å². The van der Waals surface area contributed by atoms with E-state index in [2.05, 4.69) is 0 Å². The normalized spacial score (nSPS) is 17.0. The fourth-order valence-corrected chi connectivity index (χ4v) is 4.64. The first-order valence-corrected chi connectivity index (χ1v) is 11.3. The third-order valence-corrected chi connectivity index (χ3v) is 6.57. The molecule has 6 nitrogen and oxygen atoms in total. The molecule has 2 aromatic carbocycles. The standard InChI is InChI=1S/C19H20N2O4S2/c1-20(15-8-10-16(11-9-15)27(2,24)25)19(23)17-12-26-13-21(17)18(22)14-6-4-3-5-7-14/h3-11,17H,12-13H2,1-2H3/t17-/m0/s1. The van der Waals surface area contributed by atoms with Crippen LogP contribution >= 0.6 is 11.8 Å². The summed E-state index contributed by atoms with van der Waals surface area (Å²) in [5.41, 5.74) is 1.13. The first kappa shape index (κ1) is 19.4. The van der Waals surface area contributed by atoms with Gasteiger partial charge in [0.25, 0.3) is 5.91 Å². The first-order valence-electron chi connectivity index (χ1n) is 8.30. The highest BCUT2D eigenvalue weighted by Gasteiger charge is 2.36. The van der Waals surface area contributed by atoms with E-state index in [9.17, 15) is 18.0 Å². The number of carbonyl (C=O) groups excluding carboxylic acids is 2. The zero-order valence-corrected chi connectivity index (χ0v) is 16.7. The number of hydrogen-bond acceptors (Lipinski definition) is 5. The van der Waals surface area contributed by atoms with Crippen molar-refractivity contribution in [1.82, 2.24) is 4.90 Å². The molecule has 0 aromatic heterocycles. The molecule has 2 aromatic rings. The predicted molar refractivity (Wildman–Crippen MR) is 107 cm³/mol. The van der Waals surface area contributed by atoms with Gasteiger partial charge in [-0.3, -0.25) is 9.59 Å². The summed E-state index contributed by atoms with van der Waals surface area (Å²) in [6.07, 6.45) is 1.14. The first-order chi connectivity index (χ1) is 12.8. The van der Waals surface area contributed by atoms with Crippen molar-refractivity contribution in [3.63, 3.8) is 0 Å². The van der Waals surface area contributed by atoms with Crippen LogP contribution in [0.5, 0.6) is 0 Å². The third kappa shape index (κ3) is 4.17. The van der Waals surface area contributed by atoms with E-state index in [-0.39, 0.29) is 16.7 Å². The fourth-order valence-electron chi connectivity index (χ4n) is 2.86. The van der Waals surface area contributed by atoms with Crippen molar-refractivity contribution >= 4 is 39.1 Å². The van der Waals surface area contributed by atoms with Crippen molar-refractivity contribution in [2.45, 2.75) is 10.9 Å². The molecule has 0 bridgehead atoms. The Hall–Kier alpha value is -2.32. The maximum absolute atomic E-state index is 13.0. The molecule has 1 saturated heterocycles. The van der Waals surface area contributed by atoms with Gasteiger partial charge in [-0.15, -0.1) is 11.8 Å². The Morgan fingerprint density at radius 2 is 1.70 bits per heavy atom. The Balaban J connectivity index is 1.78. The topological polar surface area (TPSA) is 74.8 Å². The number of anilines is 1. The van der Waals surface area contributed by atoms with Crippen LogP contribution < -0.4 is 4.90 Å². The second-order valence-corrected chi connectivity index (χ2v) is 9.34. The van der Waals surface area contributed by atoms with Crippen LogP contribution in [0.15, 0.2) is 59.5 Å². The van der Waals surface area contributed by atoms with Crippen LogP contribution in [-0.2, 0) is 14.6 Å². The number of benzene rings is 2. The quantitative estimate of drug-likeness (QED) is 0.782. The van der Waals surface area contributed by atoms with Crippen LogP contribution in [0.1, 0.15) is 10.4 Å². The molecule has 1 aliphatic heterocycles. The molecule has 142 valence electrons. The molecule has 1 fully saturated rings. The number of rotatable bonds is 4. The lowest BCUT2D eigenvalue weighted by molar-refractivity contribution is -0.121. The molecule has 0 aliphatic carbocycles. The smallest absolute Gasteiger partial charge is 0.255 e. The van der Waals surface area contributed by atoms with Gasteiger partial charge in [-0.25, -0.2) is 8.42 Å². The van der Waals surface area contributed by atoms with E-state index in [1.165, 1.54) is 28.8 Å². The molecule has 0 unspecified atom stereocenters. The van der Waals surface area contributed by atoms with Crippen LogP contribution in [0.2, 0.25) is 0 Å². The molecule has 0 saturated carbocycles. The Labute approximate surface area is 163 Å². The van der Waals surface area contributed by atoms with E-state index in [1.54, 1.807) is 48.3 Å². The Morgan fingerprint density at radius 3 is 2.30 bits per heavy atom. The van der Waals surface area contributed by atoms with Crippen molar-refractivity contribution in [3.05, 3.63) is 60.2 Å². The average molecular weight is 405 g/mol. The molecular weight excluding hydrogens is 384 g/mol. The van der Waals surface area contributed by atoms with Gasteiger partial charge in [0.1, 0.15) is 6.04 Å². The number of nitrogens with zero attached hydrogens (tertiary/aromatic N) is 2. The van der Waals surface area contributed by atoms with Gasteiger partial charge in [0.2, 0.25) is 5.91 Å². The van der Waals surface area contributed by atoms with Crippen LogP contribution in [0.4, 0.5) is 5.69 Å². The van der Waals surface area contributed by atoms with Gasteiger partial charge in [0.05, 0.1) is 10.8 Å². The lowest BCUT2D eigenvalue weighted by Crippen LogP contribution is -2.48. The summed E-state index contributed by atoms with van der Waals surface area (Å²) in [6, 6.07) is 14.5. The molecule has 2 amide bonds. The zero-order valence-electron chi connectivity index (χ0n) is 15.0. The van der Waals surface area contributed by atoms with E-state index in [1.807, 2.05) is 6.07 Å². The molecule has 0 radical (unpaired) electrons. The molecule has 1 aliphatic rings. The van der Waals surface area contributed by atoms with Crippen LogP contribution in [0.25, 0.3) is 0 Å². The van der Waals surface area contributed by atoms with E-state index in [0.717, 1.165) is 6.26 Å². The van der Waals surface area contributed by atoms with Gasteiger partial charge in [-0.1, -0.05) is 18.2 Å². The van der Waals surface area contributed by atoms with E-state index >= 15 is 0 Å². The average Bonchev–Trinajstić information content (AvgIpc) is 3.16. The highest BCUT2D eigenvalue weighted by Crippen LogP contribution is 2.26. The molecular formula is C19H20N2O4S2. The maximum Gasteiger partial charge on any atom is 0.255 e. The number of sulfone groups is 1. The summed E-state index contributed by atoms with van der Waals surface area (Å²) in [5.74, 6) is 0.630. The second kappa shape index (κ2) is 7.74. The van der Waals surface area contributed by atoms with Gasteiger partial charge in [0, 0.05) is 30.3 Å². The summed E-state index contributed by atoms with van der Waals surface area (Å²) in [5, 5.41) is 0. The molecule has 0 N–H and O–H groups in total. The summed E-state index contributed by atoms with van der Waals surface area (Å²) in [7, 11) is -1.66. The molecule has 27 heavy (non-hydrogen) atoms. The van der Waals surface area contributed by atoms with E-state index in [4.69, 9.17) is 0 Å². The van der Waals surface area contributed by atoms with Crippen LogP contribution in [0, 0.1) is 0 Å². The lowest BCUT2D eigenvalue weighted by atomic mass is 10.1. The number of thioether (sulfide) groups is 1. The molecule has 1 atom stereocenters. The Kier molecular flexibility index (Phi) is 5.57. The summed E-state index contributed by atoms with van der Waals surface area (Å²) < 4.78 is 23.2. The van der Waals surface area contributed by atoms with Gasteiger partial charge in [-0.2, -0.15) is 0 Å². The fraction of sp³-hybridized carbons (Fsp3) is 0.263. The zero-order chi connectivity index (χ0) is 19.6. The number of hydrogen-bond donors (Lipinski definition) is 0. The predicted octanol–water partition coefficient (Wildman–Crippen LogP) is 2.27. The number of amides is 2. The summed E-state index contributed by atoms with van der Waals surface area (Å²) in [6.45, 7) is 0. The molecule has 3 rings (SSSR count). The number of carbonyl (C=O) groups is 2. The SMILES string of the molecule is CN(C(=O)[C@@H]1CSCN1C(=O)c1ccccc1)c1ccc(S(C)(=O)=O)cc1. The highest BCUT2D eigenvalue weighted by atomic mass is 32.2.